The predicted octanol–water partition coefficient (Wildman–Crippen LogP) is 5.67. The molecule has 0 saturated carbocycles. The number of esters is 1. The number of hydrogen-bond donors (Lipinski definition) is 1. The summed E-state index contributed by atoms with van der Waals surface area (Å²) < 4.78 is 12.3. The smallest absolute Gasteiger partial charge is 0.338 e. The first-order valence-electron chi connectivity index (χ1n) is 13.0. The minimum atomic E-state index is -0.733. The fraction of sp³-hybridized carbons (Fsp3) is 0.242. The first-order valence-corrected chi connectivity index (χ1v) is 13.0. The molecular weight excluding hydrogens is 474 g/mol. The average molecular weight is 510 g/mol. The van der Waals surface area contributed by atoms with Crippen LogP contribution >= 0.6 is 0 Å². The summed E-state index contributed by atoms with van der Waals surface area (Å²) in [5.41, 5.74) is 3.66. The van der Waals surface area contributed by atoms with E-state index in [1.54, 1.807) is 24.3 Å². The third-order valence-electron chi connectivity index (χ3n) is 6.60. The molecule has 0 radical (unpaired) electrons. The number of hydrogen-bond acceptors (Lipinski definition) is 5. The largest absolute Gasteiger partial charge is 0.462 e. The molecule has 0 amide bonds. The molecule has 5 heteroatoms. The Balaban J connectivity index is 1.38. The van der Waals surface area contributed by atoms with Crippen molar-refractivity contribution < 1.29 is 19.4 Å². The zero-order valence-electron chi connectivity index (χ0n) is 21.8. The van der Waals surface area contributed by atoms with Crippen LogP contribution in [-0.2, 0) is 21.7 Å². The van der Waals surface area contributed by atoms with Gasteiger partial charge in [-0.1, -0.05) is 103 Å². The standard InChI is InChI=1S/C33H35NO4/c1-34(21-12-23-37-32(36)28-14-11-13-27(25-28)26-35)22-24-38-33(29-15-5-2-6-16-29,30-17-7-3-8-18-30)31-19-9-4-10-20-31/h2-11,13-20,25,35H,12,21-24,26H2,1H3. The van der Waals surface area contributed by atoms with Crippen molar-refractivity contribution in [2.24, 2.45) is 0 Å². The van der Waals surface area contributed by atoms with Gasteiger partial charge in [-0.15, -0.1) is 0 Å². The predicted molar refractivity (Wildman–Crippen MR) is 150 cm³/mol. The first kappa shape index (κ1) is 27.3. The van der Waals surface area contributed by atoms with Crippen molar-refractivity contribution >= 4 is 5.97 Å². The summed E-state index contributed by atoms with van der Waals surface area (Å²) in [6, 6.07) is 37.9. The molecule has 0 fully saturated rings. The Morgan fingerprint density at radius 2 is 1.29 bits per heavy atom. The van der Waals surface area contributed by atoms with Gasteiger partial charge < -0.3 is 19.5 Å². The SMILES string of the molecule is CN(CCCOC(=O)c1cccc(CO)c1)CCOC(c1ccccc1)(c1ccccc1)c1ccccc1. The fourth-order valence-electron chi connectivity index (χ4n) is 4.61. The molecule has 0 bridgehead atoms. The van der Waals surface area contributed by atoms with Crippen LogP contribution in [0.1, 0.15) is 39.0 Å². The van der Waals surface area contributed by atoms with Gasteiger partial charge in [-0.2, -0.15) is 0 Å². The summed E-state index contributed by atoms with van der Waals surface area (Å²) >= 11 is 0. The van der Waals surface area contributed by atoms with Crippen molar-refractivity contribution in [3.05, 3.63) is 143 Å². The summed E-state index contributed by atoms with van der Waals surface area (Å²) in [6.07, 6.45) is 0.711. The zero-order chi connectivity index (χ0) is 26.6. The third kappa shape index (κ3) is 6.75. The Morgan fingerprint density at radius 1 is 0.737 bits per heavy atom. The second-order valence-electron chi connectivity index (χ2n) is 9.28. The van der Waals surface area contributed by atoms with E-state index in [1.165, 1.54) is 0 Å². The van der Waals surface area contributed by atoms with Gasteiger partial charge in [-0.05, 0) is 47.9 Å². The van der Waals surface area contributed by atoms with Crippen molar-refractivity contribution in [1.29, 1.82) is 0 Å². The van der Waals surface area contributed by atoms with E-state index in [4.69, 9.17) is 9.47 Å². The van der Waals surface area contributed by atoms with Gasteiger partial charge in [0.05, 0.1) is 25.4 Å². The number of nitrogens with zero attached hydrogens (tertiary/aromatic N) is 1. The molecule has 0 unspecified atom stereocenters. The van der Waals surface area contributed by atoms with Crippen LogP contribution in [-0.4, -0.2) is 49.3 Å². The van der Waals surface area contributed by atoms with Gasteiger partial charge in [0.1, 0.15) is 5.60 Å². The van der Waals surface area contributed by atoms with Crippen molar-refractivity contribution in [3.63, 3.8) is 0 Å². The molecule has 0 aliphatic rings. The number of rotatable bonds is 13. The van der Waals surface area contributed by atoms with Crippen LogP contribution in [0.25, 0.3) is 0 Å². The van der Waals surface area contributed by atoms with Gasteiger partial charge in [0.15, 0.2) is 0 Å². The van der Waals surface area contributed by atoms with Gasteiger partial charge in [0.25, 0.3) is 0 Å². The molecule has 0 aliphatic carbocycles. The van der Waals surface area contributed by atoms with Gasteiger partial charge >= 0.3 is 5.97 Å². The quantitative estimate of drug-likeness (QED) is 0.143. The highest BCUT2D eigenvalue weighted by atomic mass is 16.5. The zero-order valence-corrected chi connectivity index (χ0v) is 21.8. The number of aliphatic hydroxyl groups excluding tert-OH is 1. The minimum Gasteiger partial charge on any atom is -0.462 e. The van der Waals surface area contributed by atoms with Crippen LogP contribution < -0.4 is 0 Å². The third-order valence-corrected chi connectivity index (χ3v) is 6.60. The monoisotopic (exact) mass is 509 g/mol. The fourth-order valence-corrected chi connectivity index (χ4v) is 4.61. The van der Waals surface area contributed by atoms with E-state index < -0.39 is 5.60 Å². The molecule has 4 rings (SSSR count). The van der Waals surface area contributed by atoms with E-state index in [-0.39, 0.29) is 12.6 Å². The normalized spacial score (nSPS) is 11.4. The molecule has 4 aromatic rings. The summed E-state index contributed by atoms with van der Waals surface area (Å²) in [7, 11) is 2.05. The lowest BCUT2D eigenvalue weighted by Gasteiger charge is -2.36. The van der Waals surface area contributed by atoms with E-state index in [9.17, 15) is 9.90 Å². The maximum atomic E-state index is 12.3. The Kier molecular flexibility index (Phi) is 9.82. The van der Waals surface area contributed by atoms with Crippen LogP contribution in [0.5, 0.6) is 0 Å². The summed E-state index contributed by atoms with van der Waals surface area (Å²) in [4.78, 5) is 14.5. The molecule has 1 N–H and O–H groups in total. The van der Waals surface area contributed by atoms with E-state index in [2.05, 4.69) is 41.3 Å². The highest BCUT2D eigenvalue weighted by Crippen LogP contribution is 2.40. The van der Waals surface area contributed by atoms with Crippen LogP contribution in [0.4, 0.5) is 0 Å². The van der Waals surface area contributed by atoms with Crippen molar-refractivity contribution in [3.8, 4) is 0 Å². The Labute approximate surface area is 225 Å². The van der Waals surface area contributed by atoms with E-state index in [0.29, 0.717) is 30.8 Å². The van der Waals surface area contributed by atoms with Crippen LogP contribution in [0.3, 0.4) is 0 Å². The average Bonchev–Trinajstić information content (AvgIpc) is 2.99. The highest BCUT2D eigenvalue weighted by Gasteiger charge is 2.37. The van der Waals surface area contributed by atoms with Crippen LogP contribution in [0.2, 0.25) is 0 Å². The lowest BCUT2D eigenvalue weighted by molar-refractivity contribution is 0.00291. The molecule has 38 heavy (non-hydrogen) atoms. The van der Waals surface area contributed by atoms with Gasteiger partial charge in [0.2, 0.25) is 0 Å². The van der Waals surface area contributed by atoms with Crippen LogP contribution in [0, 0.1) is 0 Å². The Hall–Kier alpha value is -3.77. The second kappa shape index (κ2) is 13.7. The van der Waals surface area contributed by atoms with Crippen LogP contribution in [0.15, 0.2) is 115 Å². The van der Waals surface area contributed by atoms with Crippen molar-refractivity contribution in [2.75, 3.05) is 33.4 Å². The molecule has 5 nitrogen and oxygen atoms in total. The molecule has 0 spiro atoms. The molecule has 0 atom stereocenters. The lowest BCUT2D eigenvalue weighted by Crippen LogP contribution is -2.36. The van der Waals surface area contributed by atoms with E-state index >= 15 is 0 Å². The van der Waals surface area contributed by atoms with E-state index in [1.807, 2.05) is 61.6 Å². The number of benzene rings is 4. The van der Waals surface area contributed by atoms with Gasteiger partial charge in [-0.25, -0.2) is 4.79 Å². The molecule has 0 heterocycles. The molecule has 0 aromatic heterocycles. The minimum absolute atomic E-state index is 0.103. The number of aliphatic hydroxyl groups is 1. The van der Waals surface area contributed by atoms with Crippen molar-refractivity contribution in [2.45, 2.75) is 18.6 Å². The molecule has 4 aromatic carbocycles. The summed E-state index contributed by atoms with van der Waals surface area (Å²) in [5.74, 6) is -0.371. The molecule has 0 aliphatic heterocycles. The highest BCUT2D eigenvalue weighted by molar-refractivity contribution is 5.89. The van der Waals surface area contributed by atoms with Gasteiger partial charge in [0, 0.05) is 13.1 Å². The summed E-state index contributed by atoms with van der Waals surface area (Å²) in [6.45, 7) is 2.23. The lowest BCUT2D eigenvalue weighted by atomic mass is 9.80. The number of carbonyl (C=O) groups excluding carboxylic acids is 1. The maximum absolute atomic E-state index is 12.3. The maximum Gasteiger partial charge on any atom is 0.338 e. The topological polar surface area (TPSA) is 59.0 Å². The summed E-state index contributed by atoms with van der Waals surface area (Å²) in [5, 5.41) is 9.27. The number of carbonyl (C=O) groups is 1. The van der Waals surface area contributed by atoms with Gasteiger partial charge in [-0.3, -0.25) is 0 Å². The molecule has 196 valence electrons. The van der Waals surface area contributed by atoms with E-state index in [0.717, 1.165) is 29.8 Å². The Bertz CT molecular complexity index is 1170. The molecular formula is C33H35NO4. The molecule has 0 saturated heterocycles. The first-order chi connectivity index (χ1) is 18.6. The second-order valence-corrected chi connectivity index (χ2v) is 9.28. The number of likely N-dealkylation sites (N-methyl/N-ethyl adjacent to an activating group) is 1. The number of ether oxygens (including phenoxy) is 2. The van der Waals surface area contributed by atoms with Crippen molar-refractivity contribution in [1.82, 2.24) is 4.90 Å². The Morgan fingerprint density at radius 3 is 1.82 bits per heavy atom.